The van der Waals surface area contributed by atoms with Crippen LogP contribution < -0.4 is 10.2 Å². The lowest BCUT2D eigenvalue weighted by atomic mass is 10.2. The lowest BCUT2D eigenvalue weighted by Crippen LogP contribution is -2.49. The van der Waals surface area contributed by atoms with E-state index in [0.29, 0.717) is 12.0 Å². The quantitative estimate of drug-likeness (QED) is 0.835. The second-order valence-electron chi connectivity index (χ2n) is 5.03. The number of nitrogens with zero attached hydrogens (tertiary/aromatic N) is 3. The Morgan fingerprint density at radius 1 is 1.33 bits per heavy atom. The molecule has 1 unspecified atom stereocenters. The third-order valence-corrected chi connectivity index (χ3v) is 3.68. The van der Waals surface area contributed by atoms with E-state index >= 15 is 0 Å². The molecule has 2 aromatic rings. The van der Waals surface area contributed by atoms with Crippen LogP contribution in [0.3, 0.4) is 0 Å². The Morgan fingerprint density at radius 3 is 2.90 bits per heavy atom. The zero-order valence-corrected chi connectivity index (χ0v) is 12.1. The van der Waals surface area contributed by atoms with Gasteiger partial charge in [0, 0.05) is 25.7 Å². The topological polar surface area (TPSA) is 56.8 Å². The standard InChI is InChI=1S/C13H14ClF2N5/c1-7-6-21(3-2-17-7)13-18-12(19-20-13)8-4-11(16)9(14)5-10(8)15/h4-5,7,17H,2-3,6H2,1H3,(H,18,19,20). The molecule has 1 aromatic heterocycles. The summed E-state index contributed by atoms with van der Waals surface area (Å²) in [5.41, 5.74) is 0.0128. The largest absolute Gasteiger partial charge is 0.337 e. The fraction of sp³-hybridized carbons (Fsp3) is 0.385. The van der Waals surface area contributed by atoms with Gasteiger partial charge in [0.25, 0.3) is 0 Å². The molecule has 1 saturated heterocycles. The van der Waals surface area contributed by atoms with Gasteiger partial charge in [0.2, 0.25) is 5.95 Å². The Balaban J connectivity index is 1.90. The third kappa shape index (κ3) is 2.84. The molecule has 1 aliphatic heterocycles. The van der Waals surface area contributed by atoms with E-state index in [-0.39, 0.29) is 16.4 Å². The molecule has 0 radical (unpaired) electrons. The lowest BCUT2D eigenvalue weighted by Gasteiger charge is -2.30. The molecule has 3 rings (SSSR count). The van der Waals surface area contributed by atoms with Crippen LogP contribution >= 0.6 is 11.6 Å². The van der Waals surface area contributed by atoms with E-state index in [2.05, 4.69) is 27.4 Å². The Kier molecular flexibility index (Phi) is 3.77. The zero-order valence-electron chi connectivity index (χ0n) is 11.3. The lowest BCUT2D eigenvalue weighted by molar-refractivity contribution is 0.480. The molecule has 112 valence electrons. The Bertz CT molecular complexity index is 660. The third-order valence-electron chi connectivity index (χ3n) is 3.39. The molecule has 2 heterocycles. The average molecular weight is 314 g/mol. The van der Waals surface area contributed by atoms with Crippen LogP contribution in [0.2, 0.25) is 5.02 Å². The highest BCUT2D eigenvalue weighted by Crippen LogP contribution is 2.26. The highest BCUT2D eigenvalue weighted by molar-refractivity contribution is 6.30. The molecule has 0 amide bonds. The summed E-state index contributed by atoms with van der Waals surface area (Å²) in [6, 6.07) is 2.27. The van der Waals surface area contributed by atoms with Crippen molar-refractivity contribution in [3.05, 3.63) is 28.8 Å². The molecule has 5 nitrogen and oxygen atoms in total. The van der Waals surface area contributed by atoms with Crippen LogP contribution in [0, 0.1) is 11.6 Å². The van der Waals surface area contributed by atoms with Gasteiger partial charge in [-0.1, -0.05) is 11.6 Å². The van der Waals surface area contributed by atoms with Crippen molar-refractivity contribution in [3.8, 4) is 11.4 Å². The van der Waals surface area contributed by atoms with Gasteiger partial charge in [0.15, 0.2) is 5.82 Å². The first-order valence-corrected chi connectivity index (χ1v) is 6.98. The van der Waals surface area contributed by atoms with Crippen LogP contribution in [0.5, 0.6) is 0 Å². The number of hydrogen-bond donors (Lipinski definition) is 2. The van der Waals surface area contributed by atoms with E-state index < -0.39 is 11.6 Å². The van der Waals surface area contributed by atoms with Crippen molar-refractivity contribution >= 4 is 17.5 Å². The molecule has 1 aliphatic rings. The van der Waals surface area contributed by atoms with Gasteiger partial charge in [-0.2, -0.15) is 4.98 Å². The molecular weight excluding hydrogens is 300 g/mol. The van der Waals surface area contributed by atoms with Crippen molar-refractivity contribution in [1.29, 1.82) is 0 Å². The molecule has 1 fully saturated rings. The van der Waals surface area contributed by atoms with Crippen LogP contribution in [0.15, 0.2) is 12.1 Å². The summed E-state index contributed by atoms with van der Waals surface area (Å²) in [6.45, 7) is 4.41. The first-order valence-electron chi connectivity index (χ1n) is 6.60. The Morgan fingerprint density at radius 2 is 2.14 bits per heavy atom. The van der Waals surface area contributed by atoms with Gasteiger partial charge in [0.1, 0.15) is 11.6 Å². The zero-order chi connectivity index (χ0) is 15.0. The van der Waals surface area contributed by atoms with Crippen molar-refractivity contribution in [2.75, 3.05) is 24.5 Å². The fourth-order valence-electron chi connectivity index (χ4n) is 2.33. The number of H-pyrrole nitrogens is 1. The van der Waals surface area contributed by atoms with Crippen LogP contribution in [-0.2, 0) is 0 Å². The molecule has 0 saturated carbocycles. The van der Waals surface area contributed by atoms with Gasteiger partial charge in [-0.25, -0.2) is 8.78 Å². The maximum Gasteiger partial charge on any atom is 0.245 e. The number of aromatic nitrogens is 3. The molecule has 1 atom stereocenters. The number of aromatic amines is 1. The van der Waals surface area contributed by atoms with Crippen molar-refractivity contribution < 1.29 is 8.78 Å². The predicted molar refractivity (Wildman–Crippen MR) is 76.4 cm³/mol. The monoisotopic (exact) mass is 313 g/mol. The van der Waals surface area contributed by atoms with Crippen LogP contribution in [0.1, 0.15) is 6.92 Å². The van der Waals surface area contributed by atoms with Crippen LogP contribution in [0.25, 0.3) is 11.4 Å². The minimum atomic E-state index is -0.693. The van der Waals surface area contributed by atoms with Crippen molar-refractivity contribution in [2.45, 2.75) is 13.0 Å². The molecule has 0 bridgehead atoms. The average Bonchev–Trinajstić information content (AvgIpc) is 2.92. The molecule has 8 heteroatoms. The number of anilines is 1. The molecule has 0 aliphatic carbocycles. The number of rotatable bonds is 2. The van der Waals surface area contributed by atoms with Crippen molar-refractivity contribution in [2.24, 2.45) is 0 Å². The normalized spacial score (nSPS) is 19.0. The minimum absolute atomic E-state index is 0.0128. The maximum absolute atomic E-state index is 13.9. The first-order chi connectivity index (χ1) is 10.0. The van der Waals surface area contributed by atoms with Gasteiger partial charge in [-0.15, -0.1) is 5.10 Å². The van der Waals surface area contributed by atoms with Gasteiger partial charge in [-0.3, -0.25) is 5.10 Å². The summed E-state index contributed by atoms with van der Waals surface area (Å²) in [5, 5.41) is 9.79. The van der Waals surface area contributed by atoms with E-state index in [0.717, 1.165) is 31.8 Å². The van der Waals surface area contributed by atoms with Gasteiger partial charge in [0.05, 0.1) is 10.6 Å². The molecular formula is C13H14ClF2N5. The van der Waals surface area contributed by atoms with Gasteiger partial charge in [-0.05, 0) is 19.1 Å². The number of nitrogens with one attached hydrogen (secondary N) is 2. The maximum atomic E-state index is 13.9. The van der Waals surface area contributed by atoms with E-state index in [1.165, 1.54) is 0 Å². The second kappa shape index (κ2) is 5.57. The Labute approximate surface area is 125 Å². The summed E-state index contributed by atoms with van der Waals surface area (Å²) in [7, 11) is 0. The van der Waals surface area contributed by atoms with Crippen LogP contribution in [-0.4, -0.2) is 40.9 Å². The number of piperazine rings is 1. The van der Waals surface area contributed by atoms with Gasteiger partial charge < -0.3 is 10.2 Å². The van der Waals surface area contributed by atoms with Crippen molar-refractivity contribution in [3.63, 3.8) is 0 Å². The number of hydrogen-bond acceptors (Lipinski definition) is 4. The number of halogens is 3. The SMILES string of the molecule is CC1CN(c2n[nH]c(-c3cc(F)c(Cl)cc3F)n2)CCN1. The van der Waals surface area contributed by atoms with E-state index in [1.54, 1.807) is 0 Å². The first kappa shape index (κ1) is 14.2. The van der Waals surface area contributed by atoms with E-state index in [4.69, 9.17) is 11.6 Å². The summed E-state index contributed by atoms with van der Waals surface area (Å²) in [4.78, 5) is 6.24. The Hall–Kier alpha value is -1.73. The van der Waals surface area contributed by atoms with E-state index in [1.807, 2.05) is 4.90 Å². The highest BCUT2D eigenvalue weighted by atomic mass is 35.5. The fourth-order valence-corrected chi connectivity index (χ4v) is 2.48. The smallest absolute Gasteiger partial charge is 0.245 e. The molecule has 0 spiro atoms. The highest BCUT2D eigenvalue weighted by Gasteiger charge is 2.21. The summed E-state index contributed by atoms with van der Waals surface area (Å²) >= 11 is 5.54. The van der Waals surface area contributed by atoms with Crippen molar-refractivity contribution in [1.82, 2.24) is 20.5 Å². The minimum Gasteiger partial charge on any atom is -0.337 e. The second-order valence-corrected chi connectivity index (χ2v) is 5.44. The summed E-state index contributed by atoms with van der Waals surface area (Å²) < 4.78 is 27.3. The molecule has 21 heavy (non-hydrogen) atoms. The predicted octanol–water partition coefficient (Wildman–Crippen LogP) is 2.20. The number of benzene rings is 1. The summed E-state index contributed by atoms with van der Waals surface area (Å²) in [5.74, 6) is -0.669. The molecule has 1 aromatic carbocycles. The van der Waals surface area contributed by atoms with Crippen LogP contribution in [0.4, 0.5) is 14.7 Å². The van der Waals surface area contributed by atoms with Gasteiger partial charge >= 0.3 is 0 Å². The van der Waals surface area contributed by atoms with E-state index in [9.17, 15) is 8.78 Å². The summed E-state index contributed by atoms with van der Waals surface area (Å²) in [6.07, 6.45) is 0. The molecule has 2 N–H and O–H groups in total.